The summed E-state index contributed by atoms with van der Waals surface area (Å²) in [6.45, 7) is 9.07. The number of hydrogen-bond donors (Lipinski definition) is 1. The molecule has 0 amide bonds. The Kier molecular flexibility index (Phi) is 4.88. The summed E-state index contributed by atoms with van der Waals surface area (Å²) in [5.74, 6) is 0. The number of fused-ring (bicyclic) bond motifs is 1. The van der Waals surface area contributed by atoms with Gasteiger partial charge in [-0.25, -0.2) is 0 Å². The Hall–Kier alpha value is -1.69. The fourth-order valence-corrected chi connectivity index (χ4v) is 3.95. The summed E-state index contributed by atoms with van der Waals surface area (Å²) in [7, 11) is 0. The summed E-state index contributed by atoms with van der Waals surface area (Å²) in [5.41, 5.74) is 3.18. The molecule has 2 saturated heterocycles. The van der Waals surface area contributed by atoms with Crippen LogP contribution in [0.4, 0.5) is 0 Å². The van der Waals surface area contributed by atoms with E-state index in [1.165, 1.54) is 12.8 Å². The van der Waals surface area contributed by atoms with E-state index in [9.17, 15) is 4.79 Å². The molecule has 1 aromatic carbocycles. The molecule has 5 nitrogen and oxygen atoms in total. The lowest BCUT2D eigenvalue weighted by atomic mass is 10.1. The van der Waals surface area contributed by atoms with Gasteiger partial charge in [0.15, 0.2) is 5.43 Å². The highest BCUT2D eigenvalue weighted by atomic mass is 16.5. The average Bonchev–Trinajstić information content (AvgIpc) is 3.10. The number of rotatable bonds is 4. The van der Waals surface area contributed by atoms with Crippen molar-refractivity contribution in [2.45, 2.75) is 32.4 Å². The molecule has 134 valence electrons. The lowest BCUT2D eigenvalue weighted by Crippen LogP contribution is -2.48. The maximum atomic E-state index is 12.4. The van der Waals surface area contributed by atoms with E-state index >= 15 is 0 Å². The molecule has 2 aromatic rings. The van der Waals surface area contributed by atoms with Crippen molar-refractivity contribution in [3.63, 3.8) is 0 Å². The monoisotopic (exact) mass is 341 g/mol. The number of piperazine rings is 1. The summed E-state index contributed by atoms with van der Waals surface area (Å²) in [5, 5.41) is 0.783. The third-order valence-electron chi connectivity index (χ3n) is 5.39. The smallest absolute Gasteiger partial charge is 0.189 e. The molecular formula is C20H27N3O2. The van der Waals surface area contributed by atoms with Gasteiger partial charge in [-0.2, -0.15) is 0 Å². The van der Waals surface area contributed by atoms with Crippen molar-refractivity contribution in [3.8, 4) is 0 Å². The zero-order chi connectivity index (χ0) is 17.2. The minimum Gasteiger partial charge on any atom is -0.377 e. The predicted molar refractivity (Wildman–Crippen MR) is 100.0 cm³/mol. The molecule has 1 atom stereocenters. The molecule has 0 aliphatic carbocycles. The number of benzene rings is 1. The first kappa shape index (κ1) is 16.8. The molecule has 1 N–H and O–H groups in total. The highest BCUT2D eigenvalue weighted by molar-refractivity contribution is 5.79. The number of aromatic amines is 1. The van der Waals surface area contributed by atoms with Crippen molar-refractivity contribution in [1.29, 1.82) is 0 Å². The molecule has 25 heavy (non-hydrogen) atoms. The molecule has 4 rings (SSSR count). The van der Waals surface area contributed by atoms with Gasteiger partial charge in [-0.3, -0.25) is 14.6 Å². The molecule has 5 heteroatoms. The summed E-state index contributed by atoms with van der Waals surface area (Å²) in [6, 6.07) is 7.78. The van der Waals surface area contributed by atoms with E-state index in [0.717, 1.165) is 68.0 Å². The van der Waals surface area contributed by atoms with Crippen LogP contribution in [0.1, 0.15) is 24.1 Å². The second-order valence-corrected chi connectivity index (χ2v) is 7.42. The summed E-state index contributed by atoms with van der Waals surface area (Å²) < 4.78 is 5.75. The number of aryl methyl sites for hydroxylation is 1. The van der Waals surface area contributed by atoms with Crippen LogP contribution in [0.3, 0.4) is 0 Å². The number of hydrogen-bond acceptors (Lipinski definition) is 4. The quantitative estimate of drug-likeness (QED) is 0.926. The third-order valence-corrected chi connectivity index (χ3v) is 5.39. The van der Waals surface area contributed by atoms with E-state index in [-0.39, 0.29) is 5.43 Å². The normalized spacial score (nSPS) is 22.7. The Morgan fingerprint density at radius 1 is 1.16 bits per heavy atom. The summed E-state index contributed by atoms with van der Waals surface area (Å²) in [4.78, 5) is 20.8. The highest BCUT2D eigenvalue weighted by Gasteiger charge is 2.23. The van der Waals surface area contributed by atoms with Crippen molar-refractivity contribution in [2.75, 3.05) is 39.3 Å². The van der Waals surface area contributed by atoms with Gasteiger partial charge in [-0.1, -0.05) is 11.6 Å². The van der Waals surface area contributed by atoms with Crippen LogP contribution in [0.5, 0.6) is 0 Å². The summed E-state index contributed by atoms with van der Waals surface area (Å²) >= 11 is 0. The predicted octanol–water partition coefficient (Wildman–Crippen LogP) is 2.13. The van der Waals surface area contributed by atoms with E-state index in [4.69, 9.17) is 4.74 Å². The Morgan fingerprint density at radius 2 is 1.96 bits per heavy atom. The Balaban J connectivity index is 1.37. The molecule has 0 unspecified atom stereocenters. The van der Waals surface area contributed by atoms with Gasteiger partial charge in [0.05, 0.1) is 6.10 Å². The molecule has 2 aliphatic rings. The zero-order valence-electron chi connectivity index (χ0n) is 15.0. The molecule has 0 spiro atoms. The van der Waals surface area contributed by atoms with Crippen LogP contribution in [0.2, 0.25) is 0 Å². The van der Waals surface area contributed by atoms with Crippen molar-refractivity contribution in [1.82, 2.24) is 14.8 Å². The van der Waals surface area contributed by atoms with Crippen LogP contribution in [-0.2, 0) is 11.3 Å². The maximum Gasteiger partial charge on any atom is 0.189 e. The van der Waals surface area contributed by atoms with Crippen LogP contribution in [-0.4, -0.2) is 60.2 Å². The van der Waals surface area contributed by atoms with Crippen molar-refractivity contribution >= 4 is 10.9 Å². The van der Waals surface area contributed by atoms with Crippen molar-refractivity contribution < 1.29 is 4.74 Å². The van der Waals surface area contributed by atoms with Gasteiger partial charge in [0.1, 0.15) is 0 Å². The standard InChI is InChI=1S/C20H27N3O2/c1-15-4-5-19-18(11-15)20(24)12-16(21-19)13-22-6-8-23(9-7-22)14-17-3-2-10-25-17/h4-5,11-12,17H,2-3,6-10,13-14H2,1H3,(H,21,24)/t17-/m1/s1. The van der Waals surface area contributed by atoms with Crippen LogP contribution in [0, 0.1) is 6.92 Å². The van der Waals surface area contributed by atoms with Gasteiger partial charge in [-0.15, -0.1) is 0 Å². The van der Waals surface area contributed by atoms with Crippen LogP contribution in [0.15, 0.2) is 29.1 Å². The van der Waals surface area contributed by atoms with E-state index in [1.54, 1.807) is 6.07 Å². The van der Waals surface area contributed by atoms with Gasteiger partial charge >= 0.3 is 0 Å². The highest BCUT2D eigenvalue weighted by Crippen LogP contribution is 2.16. The molecule has 1 aromatic heterocycles. The SMILES string of the molecule is Cc1ccc2[nH]c(CN3CCN(C[C@H]4CCCO4)CC3)cc(=O)c2c1. The molecule has 2 fully saturated rings. The van der Waals surface area contributed by atoms with Crippen LogP contribution < -0.4 is 5.43 Å². The minimum atomic E-state index is 0.115. The number of aromatic nitrogens is 1. The average molecular weight is 341 g/mol. The molecule has 0 bridgehead atoms. The number of nitrogens with one attached hydrogen (secondary N) is 1. The number of ether oxygens (including phenoxy) is 1. The van der Waals surface area contributed by atoms with Gasteiger partial charge in [-0.05, 0) is 31.9 Å². The third kappa shape index (κ3) is 3.94. The fraction of sp³-hybridized carbons (Fsp3) is 0.550. The van der Waals surface area contributed by atoms with Gasteiger partial charge in [0, 0.05) is 68.5 Å². The summed E-state index contributed by atoms with van der Waals surface area (Å²) in [6.07, 6.45) is 2.85. The van der Waals surface area contributed by atoms with E-state index in [0.29, 0.717) is 6.10 Å². The first-order chi connectivity index (χ1) is 12.2. The second kappa shape index (κ2) is 7.28. The number of pyridine rings is 1. The Labute approximate surface area is 148 Å². The first-order valence-electron chi connectivity index (χ1n) is 9.36. The fourth-order valence-electron chi connectivity index (χ4n) is 3.95. The lowest BCUT2D eigenvalue weighted by Gasteiger charge is -2.35. The number of nitrogens with zero attached hydrogens (tertiary/aromatic N) is 2. The zero-order valence-corrected chi connectivity index (χ0v) is 15.0. The molecule has 0 radical (unpaired) electrons. The van der Waals surface area contributed by atoms with Crippen molar-refractivity contribution in [3.05, 3.63) is 45.7 Å². The minimum absolute atomic E-state index is 0.115. The molecule has 3 heterocycles. The molecule has 0 saturated carbocycles. The maximum absolute atomic E-state index is 12.4. The van der Waals surface area contributed by atoms with Crippen LogP contribution >= 0.6 is 0 Å². The number of H-pyrrole nitrogens is 1. The Bertz CT molecular complexity index is 787. The van der Waals surface area contributed by atoms with Crippen molar-refractivity contribution in [2.24, 2.45) is 0 Å². The van der Waals surface area contributed by atoms with Gasteiger partial charge in [0.25, 0.3) is 0 Å². The Morgan fingerprint density at radius 3 is 2.72 bits per heavy atom. The van der Waals surface area contributed by atoms with Gasteiger partial charge < -0.3 is 9.72 Å². The molecule has 2 aliphatic heterocycles. The topological polar surface area (TPSA) is 48.6 Å². The largest absolute Gasteiger partial charge is 0.377 e. The lowest BCUT2D eigenvalue weighted by molar-refractivity contribution is 0.0487. The van der Waals surface area contributed by atoms with Gasteiger partial charge in [0.2, 0.25) is 0 Å². The van der Waals surface area contributed by atoms with Crippen LogP contribution in [0.25, 0.3) is 10.9 Å². The first-order valence-corrected chi connectivity index (χ1v) is 9.36. The van der Waals surface area contributed by atoms with E-state index in [2.05, 4.69) is 14.8 Å². The second-order valence-electron chi connectivity index (χ2n) is 7.42. The van der Waals surface area contributed by atoms with E-state index < -0.39 is 0 Å². The van der Waals surface area contributed by atoms with E-state index in [1.807, 2.05) is 25.1 Å². The molecular weight excluding hydrogens is 314 g/mol.